The highest BCUT2D eigenvalue weighted by Gasteiger charge is 2.29. The normalized spacial score (nSPS) is 14.1. The number of rotatable bonds is 6. The number of ether oxygens (including phenoxy) is 1. The molecule has 4 heteroatoms. The molecule has 0 radical (unpaired) electrons. The van der Waals surface area contributed by atoms with E-state index in [1.54, 1.807) is 12.5 Å². The maximum absolute atomic E-state index is 5.66. The van der Waals surface area contributed by atoms with Gasteiger partial charge in [0.2, 0.25) is 0 Å². The smallest absolute Gasteiger partial charge is 0.0935 e. The first kappa shape index (κ1) is 12.2. The van der Waals surface area contributed by atoms with Gasteiger partial charge in [-0.3, -0.25) is 11.3 Å². The van der Waals surface area contributed by atoms with Gasteiger partial charge in [-0.15, -0.1) is 0 Å². The van der Waals surface area contributed by atoms with E-state index in [-0.39, 0.29) is 11.6 Å². The molecule has 3 N–H and O–H groups in total. The van der Waals surface area contributed by atoms with Crippen LogP contribution in [0.25, 0.3) is 0 Å². The van der Waals surface area contributed by atoms with E-state index in [2.05, 4.69) is 5.43 Å². The van der Waals surface area contributed by atoms with Crippen LogP contribution in [0.4, 0.5) is 0 Å². The standard InChI is InChI=1S/C11H20N2O2/c1-4-15-11(2,3)10(13-12)7-9-5-6-14-8-9/h5-6,8,10,13H,4,7,12H2,1-3H3. The van der Waals surface area contributed by atoms with Crippen molar-refractivity contribution in [3.63, 3.8) is 0 Å². The topological polar surface area (TPSA) is 60.4 Å². The first-order valence-electron chi connectivity index (χ1n) is 5.21. The highest BCUT2D eigenvalue weighted by molar-refractivity contribution is 5.09. The molecule has 86 valence electrons. The lowest BCUT2D eigenvalue weighted by molar-refractivity contribution is -0.0381. The van der Waals surface area contributed by atoms with Gasteiger partial charge in [0, 0.05) is 6.61 Å². The maximum atomic E-state index is 5.66. The molecule has 15 heavy (non-hydrogen) atoms. The van der Waals surface area contributed by atoms with Crippen molar-refractivity contribution >= 4 is 0 Å². The zero-order valence-corrected chi connectivity index (χ0v) is 9.62. The molecule has 1 rings (SSSR count). The van der Waals surface area contributed by atoms with Gasteiger partial charge in [-0.25, -0.2) is 0 Å². The summed E-state index contributed by atoms with van der Waals surface area (Å²) < 4.78 is 10.7. The van der Waals surface area contributed by atoms with Crippen LogP contribution in [0.15, 0.2) is 23.0 Å². The number of nitrogens with one attached hydrogen (secondary N) is 1. The van der Waals surface area contributed by atoms with Crippen LogP contribution in [0.5, 0.6) is 0 Å². The minimum atomic E-state index is -0.291. The first-order chi connectivity index (χ1) is 7.10. The molecule has 1 aromatic rings. The molecule has 0 bridgehead atoms. The summed E-state index contributed by atoms with van der Waals surface area (Å²) in [6.45, 7) is 6.71. The van der Waals surface area contributed by atoms with Crippen LogP contribution in [0.2, 0.25) is 0 Å². The van der Waals surface area contributed by atoms with Crippen LogP contribution in [-0.4, -0.2) is 18.2 Å². The van der Waals surface area contributed by atoms with Crippen molar-refractivity contribution < 1.29 is 9.15 Å². The molecule has 1 unspecified atom stereocenters. The van der Waals surface area contributed by atoms with Crippen molar-refractivity contribution in [1.82, 2.24) is 5.43 Å². The van der Waals surface area contributed by atoms with E-state index in [9.17, 15) is 0 Å². The Morgan fingerprint density at radius 2 is 2.33 bits per heavy atom. The Morgan fingerprint density at radius 1 is 1.60 bits per heavy atom. The number of hydrogen-bond donors (Lipinski definition) is 2. The van der Waals surface area contributed by atoms with Crippen molar-refractivity contribution in [3.8, 4) is 0 Å². The largest absolute Gasteiger partial charge is 0.472 e. The lowest BCUT2D eigenvalue weighted by Crippen LogP contribution is -2.52. The summed E-state index contributed by atoms with van der Waals surface area (Å²) in [4.78, 5) is 0. The Bertz CT molecular complexity index is 270. The lowest BCUT2D eigenvalue weighted by atomic mass is 9.93. The fraction of sp³-hybridized carbons (Fsp3) is 0.636. The van der Waals surface area contributed by atoms with Crippen molar-refractivity contribution in [1.29, 1.82) is 0 Å². The van der Waals surface area contributed by atoms with Gasteiger partial charge >= 0.3 is 0 Å². The molecule has 0 spiro atoms. The SMILES string of the molecule is CCOC(C)(C)C(Cc1ccoc1)NN. The summed E-state index contributed by atoms with van der Waals surface area (Å²) in [5.41, 5.74) is 3.62. The van der Waals surface area contributed by atoms with E-state index >= 15 is 0 Å². The second-order valence-corrected chi connectivity index (χ2v) is 4.09. The first-order valence-corrected chi connectivity index (χ1v) is 5.21. The molecular formula is C11H20N2O2. The van der Waals surface area contributed by atoms with E-state index < -0.39 is 0 Å². The second-order valence-electron chi connectivity index (χ2n) is 4.09. The van der Waals surface area contributed by atoms with Gasteiger partial charge in [0.25, 0.3) is 0 Å². The van der Waals surface area contributed by atoms with E-state index in [1.165, 1.54) is 0 Å². The number of hydrazine groups is 1. The summed E-state index contributed by atoms with van der Waals surface area (Å²) in [6.07, 6.45) is 4.18. The van der Waals surface area contributed by atoms with Crippen molar-refractivity contribution in [2.75, 3.05) is 6.61 Å². The Balaban J connectivity index is 2.62. The van der Waals surface area contributed by atoms with Gasteiger partial charge in [0.15, 0.2) is 0 Å². The fourth-order valence-electron chi connectivity index (χ4n) is 1.62. The zero-order chi connectivity index (χ0) is 11.3. The molecule has 0 aromatic carbocycles. The minimum Gasteiger partial charge on any atom is -0.472 e. The van der Waals surface area contributed by atoms with E-state index in [4.69, 9.17) is 15.0 Å². The maximum Gasteiger partial charge on any atom is 0.0935 e. The van der Waals surface area contributed by atoms with E-state index in [1.807, 2.05) is 26.8 Å². The van der Waals surface area contributed by atoms with E-state index in [0.717, 1.165) is 12.0 Å². The molecule has 0 aliphatic heterocycles. The summed E-state index contributed by atoms with van der Waals surface area (Å²) in [7, 11) is 0. The Hall–Kier alpha value is -0.840. The van der Waals surface area contributed by atoms with Crippen molar-refractivity contribution in [2.45, 2.75) is 38.8 Å². The average molecular weight is 212 g/mol. The second kappa shape index (κ2) is 5.30. The Kier molecular flexibility index (Phi) is 4.32. The number of furan rings is 1. The highest BCUT2D eigenvalue weighted by atomic mass is 16.5. The predicted molar refractivity (Wildman–Crippen MR) is 59.2 cm³/mol. The van der Waals surface area contributed by atoms with Gasteiger partial charge in [0.05, 0.1) is 24.2 Å². The van der Waals surface area contributed by atoms with Gasteiger partial charge in [0.1, 0.15) is 0 Å². The van der Waals surface area contributed by atoms with Gasteiger partial charge in [-0.05, 0) is 38.8 Å². The predicted octanol–water partition coefficient (Wildman–Crippen LogP) is 1.47. The van der Waals surface area contributed by atoms with Crippen molar-refractivity contribution in [2.24, 2.45) is 5.84 Å². The zero-order valence-electron chi connectivity index (χ0n) is 9.62. The van der Waals surface area contributed by atoms with Gasteiger partial charge < -0.3 is 9.15 Å². The summed E-state index contributed by atoms with van der Waals surface area (Å²) in [5.74, 6) is 5.55. The summed E-state index contributed by atoms with van der Waals surface area (Å²) in [6, 6.07) is 2.00. The number of hydrogen-bond acceptors (Lipinski definition) is 4. The van der Waals surface area contributed by atoms with E-state index in [0.29, 0.717) is 6.61 Å². The highest BCUT2D eigenvalue weighted by Crippen LogP contribution is 2.18. The molecule has 0 aliphatic carbocycles. The van der Waals surface area contributed by atoms with Crippen LogP contribution in [-0.2, 0) is 11.2 Å². The minimum absolute atomic E-state index is 0.0649. The van der Waals surface area contributed by atoms with Crippen LogP contribution in [0.3, 0.4) is 0 Å². The van der Waals surface area contributed by atoms with Gasteiger partial charge in [-0.1, -0.05) is 0 Å². The molecule has 0 amide bonds. The molecular weight excluding hydrogens is 192 g/mol. The molecule has 1 aromatic heterocycles. The van der Waals surface area contributed by atoms with Crippen LogP contribution >= 0.6 is 0 Å². The summed E-state index contributed by atoms with van der Waals surface area (Å²) >= 11 is 0. The average Bonchev–Trinajstić information content (AvgIpc) is 2.66. The molecule has 0 aliphatic rings. The fourth-order valence-corrected chi connectivity index (χ4v) is 1.62. The molecule has 0 saturated carbocycles. The summed E-state index contributed by atoms with van der Waals surface area (Å²) in [5, 5.41) is 0. The third-order valence-corrected chi connectivity index (χ3v) is 2.58. The quantitative estimate of drug-likeness (QED) is 0.553. The van der Waals surface area contributed by atoms with Crippen molar-refractivity contribution in [3.05, 3.63) is 24.2 Å². The number of nitrogens with two attached hydrogens (primary N) is 1. The molecule has 1 heterocycles. The molecule has 0 fully saturated rings. The lowest BCUT2D eigenvalue weighted by Gasteiger charge is -2.33. The molecule has 4 nitrogen and oxygen atoms in total. The van der Waals surface area contributed by atoms with Gasteiger partial charge in [-0.2, -0.15) is 0 Å². The third-order valence-electron chi connectivity index (χ3n) is 2.58. The van der Waals surface area contributed by atoms with Crippen LogP contribution in [0.1, 0.15) is 26.3 Å². The molecule has 1 atom stereocenters. The Morgan fingerprint density at radius 3 is 2.80 bits per heavy atom. The monoisotopic (exact) mass is 212 g/mol. The van der Waals surface area contributed by atoms with Crippen LogP contribution in [0, 0.1) is 0 Å². The molecule has 0 saturated heterocycles. The Labute approximate surface area is 90.8 Å². The van der Waals surface area contributed by atoms with Crippen LogP contribution < -0.4 is 11.3 Å². The third kappa shape index (κ3) is 3.34.